The van der Waals surface area contributed by atoms with Crippen LogP contribution in [-0.4, -0.2) is 17.5 Å². The lowest BCUT2D eigenvalue weighted by molar-refractivity contribution is 0.322. The van der Waals surface area contributed by atoms with Crippen molar-refractivity contribution < 1.29 is 5.11 Å². The van der Waals surface area contributed by atoms with Crippen LogP contribution >= 0.6 is 23.1 Å². The highest BCUT2D eigenvalue weighted by Gasteiger charge is 2.02. The van der Waals surface area contributed by atoms with E-state index in [2.05, 4.69) is 29.6 Å². The van der Waals surface area contributed by atoms with Gasteiger partial charge >= 0.3 is 0 Å². The predicted octanol–water partition coefficient (Wildman–Crippen LogP) is 3.13. The van der Waals surface area contributed by atoms with Crippen LogP contribution in [0, 0.1) is 0 Å². The largest absolute Gasteiger partial charge is 0.396 e. The normalized spacial score (nSPS) is 10.9. The van der Waals surface area contributed by atoms with E-state index in [1.165, 1.54) is 15.6 Å². The summed E-state index contributed by atoms with van der Waals surface area (Å²) in [6, 6.07) is 8.47. The Labute approximate surface area is 91.8 Å². The second-order valence-electron chi connectivity index (χ2n) is 3.03. The summed E-state index contributed by atoms with van der Waals surface area (Å²) in [5.74, 6) is 1.83. The van der Waals surface area contributed by atoms with Gasteiger partial charge in [0.15, 0.2) is 0 Å². The maximum Gasteiger partial charge on any atom is 0.0521 e. The Morgan fingerprint density at radius 1 is 1.29 bits per heavy atom. The molecule has 1 heterocycles. The summed E-state index contributed by atoms with van der Waals surface area (Å²) < 4.78 is 1.35. The van der Waals surface area contributed by atoms with E-state index in [4.69, 9.17) is 5.11 Å². The van der Waals surface area contributed by atoms with E-state index >= 15 is 0 Å². The van der Waals surface area contributed by atoms with E-state index in [-0.39, 0.29) is 6.61 Å². The first-order valence-corrected chi connectivity index (χ1v) is 6.59. The molecule has 0 saturated carbocycles. The van der Waals surface area contributed by atoms with Gasteiger partial charge in [0.2, 0.25) is 0 Å². The first kappa shape index (κ1) is 10.0. The molecule has 2 aromatic rings. The van der Waals surface area contributed by atoms with Crippen molar-refractivity contribution in [3.8, 4) is 0 Å². The molecule has 14 heavy (non-hydrogen) atoms. The maximum absolute atomic E-state index is 8.69. The van der Waals surface area contributed by atoms with Crippen LogP contribution in [0.15, 0.2) is 29.6 Å². The van der Waals surface area contributed by atoms with Crippen LogP contribution < -0.4 is 0 Å². The van der Waals surface area contributed by atoms with Gasteiger partial charge in [-0.15, -0.1) is 11.3 Å². The van der Waals surface area contributed by atoms with Gasteiger partial charge in [-0.05, 0) is 22.4 Å². The van der Waals surface area contributed by atoms with Crippen LogP contribution in [0.4, 0.5) is 0 Å². The van der Waals surface area contributed by atoms with Crippen molar-refractivity contribution in [2.75, 3.05) is 12.4 Å². The first-order valence-electron chi connectivity index (χ1n) is 4.55. The maximum atomic E-state index is 8.69. The van der Waals surface area contributed by atoms with Crippen molar-refractivity contribution in [2.24, 2.45) is 0 Å². The Balaban J connectivity index is 2.17. The number of rotatable bonds is 4. The topological polar surface area (TPSA) is 20.2 Å². The van der Waals surface area contributed by atoms with E-state index in [0.29, 0.717) is 0 Å². The predicted molar refractivity (Wildman–Crippen MR) is 65.1 cm³/mol. The molecule has 2 rings (SSSR count). The lowest BCUT2D eigenvalue weighted by Gasteiger charge is -1.97. The molecule has 1 nitrogen and oxygen atoms in total. The Morgan fingerprint density at radius 3 is 3.00 bits per heavy atom. The van der Waals surface area contributed by atoms with Crippen LogP contribution in [-0.2, 0) is 5.75 Å². The SMILES string of the molecule is OCCSCc1csc2ccccc12. The smallest absolute Gasteiger partial charge is 0.0521 e. The van der Waals surface area contributed by atoms with E-state index in [0.717, 1.165) is 11.5 Å². The standard InChI is InChI=1S/C11H12OS2/c12-5-6-13-7-9-8-14-11-4-2-1-3-10(9)11/h1-4,8,12H,5-7H2. The minimum Gasteiger partial charge on any atom is -0.396 e. The third-order valence-corrected chi connectivity index (χ3v) is 4.05. The van der Waals surface area contributed by atoms with Gasteiger partial charge < -0.3 is 5.11 Å². The van der Waals surface area contributed by atoms with Gasteiger partial charge in [0, 0.05) is 16.2 Å². The van der Waals surface area contributed by atoms with Gasteiger partial charge in [0.25, 0.3) is 0 Å². The molecule has 1 N–H and O–H groups in total. The molecular formula is C11H12OS2. The zero-order valence-electron chi connectivity index (χ0n) is 7.77. The number of thiophene rings is 1. The average Bonchev–Trinajstić information content (AvgIpc) is 2.63. The van der Waals surface area contributed by atoms with E-state index in [1.54, 1.807) is 23.1 Å². The summed E-state index contributed by atoms with van der Waals surface area (Å²) in [4.78, 5) is 0. The summed E-state index contributed by atoms with van der Waals surface area (Å²) in [6.07, 6.45) is 0. The Kier molecular flexibility index (Phi) is 3.45. The molecule has 0 aliphatic carbocycles. The number of hydrogen-bond acceptors (Lipinski definition) is 3. The summed E-state index contributed by atoms with van der Waals surface area (Å²) in [7, 11) is 0. The first-order chi connectivity index (χ1) is 6.92. The molecule has 0 spiro atoms. The van der Waals surface area contributed by atoms with Gasteiger partial charge in [0.1, 0.15) is 0 Å². The molecule has 0 atom stereocenters. The summed E-state index contributed by atoms with van der Waals surface area (Å²) in [6.45, 7) is 0.271. The highest BCUT2D eigenvalue weighted by molar-refractivity contribution is 7.98. The molecule has 1 aromatic heterocycles. The number of thioether (sulfide) groups is 1. The van der Waals surface area contributed by atoms with Crippen LogP contribution in [0.5, 0.6) is 0 Å². The number of benzene rings is 1. The van der Waals surface area contributed by atoms with Gasteiger partial charge in [0.05, 0.1) is 6.61 Å². The van der Waals surface area contributed by atoms with Crippen molar-refractivity contribution in [3.63, 3.8) is 0 Å². The lowest BCUT2D eigenvalue weighted by Crippen LogP contribution is -1.86. The summed E-state index contributed by atoms with van der Waals surface area (Å²) in [5.41, 5.74) is 1.39. The van der Waals surface area contributed by atoms with Crippen molar-refractivity contribution in [1.29, 1.82) is 0 Å². The Hall–Kier alpha value is -0.510. The average molecular weight is 224 g/mol. The molecule has 0 aliphatic heterocycles. The fourth-order valence-corrected chi connectivity index (χ4v) is 3.19. The van der Waals surface area contributed by atoms with Gasteiger partial charge in [-0.25, -0.2) is 0 Å². The van der Waals surface area contributed by atoms with Crippen LogP contribution in [0.25, 0.3) is 10.1 Å². The quantitative estimate of drug-likeness (QED) is 0.805. The Morgan fingerprint density at radius 2 is 2.14 bits per heavy atom. The second-order valence-corrected chi connectivity index (χ2v) is 5.05. The molecule has 0 aliphatic rings. The van der Waals surface area contributed by atoms with E-state index < -0.39 is 0 Å². The van der Waals surface area contributed by atoms with Crippen molar-refractivity contribution >= 4 is 33.2 Å². The molecule has 0 bridgehead atoms. The van der Waals surface area contributed by atoms with Gasteiger partial charge in [-0.3, -0.25) is 0 Å². The molecule has 0 unspecified atom stereocenters. The van der Waals surface area contributed by atoms with Crippen LogP contribution in [0.2, 0.25) is 0 Å². The molecule has 0 saturated heterocycles. The highest BCUT2D eigenvalue weighted by atomic mass is 32.2. The highest BCUT2D eigenvalue weighted by Crippen LogP contribution is 2.28. The molecule has 0 fully saturated rings. The summed E-state index contributed by atoms with van der Waals surface area (Å²) >= 11 is 3.58. The van der Waals surface area contributed by atoms with Crippen molar-refractivity contribution in [2.45, 2.75) is 5.75 Å². The number of hydrogen-bond donors (Lipinski definition) is 1. The third-order valence-electron chi connectivity index (χ3n) is 2.05. The Bertz CT molecular complexity index is 408. The molecule has 0 radical (unpaired) electrons. The molecule has 1 aromatic carbocycles. The zero-order valence-corrected chi connectivity index (χ0v) is 9.40. The van der Waals surface area contributed by atoms with E-state index in [9.17, 15) is 0 Å². The van der Waals surface area contributed by atoms with Gasteiger partial charge in [-0.1, -0.05) is 18.2 Å². The fraction of sp³-hybridized carbons (Fsp3) is 0.273. The second kappa shape index (κ2) is 4.82. The molecule has 3 heteroatoms. The minimum absolute atomic E-state index is 0.271. The fourth-order valence-electron chi connectivity index (χ4n) is 1.39. The van der Waals surface area contributed by atoms with Crippen LogP contribution in [0.1, 0.15) is 5.56 Å². The molecule has 74 valence electrons. The zero-order chi connectivity index (χ0) is 9.80. The number of aliphatic hydroxyl groups is 1. The van der Waals surface area contributed by atoms with Crippen LogP contribution in [0.3, 0.4) is 0 Å². The lowest BCUT2D eigenvalue weighted by atomic mass is 10.2. The van der Waals surface area contributed by atoms with Crippen molar-refractivity contribution in [1.82, 2.24) is 0 Å². The minimum atomic E-state index is 0.271. The van der Waals surface area contributed by atoms with Gasteiger partial charge in [-0.2, -0.15) is 11.8 Å². The molecular weight excluding hydrogens is 212 g/mol. The number of fused-ring (bicyclic) bond motifs is 1. The third kappa shape index (κ3) is 2.11. The molecule has 0 amide bonds. The monoisotopic (exact) mass is 224 g/mol. The number of aliphatic hydroxyl groups excluding tert-OH is 1. The van der Waals surface area contributed by atoms with Crippen molar-refractivity contribution in [3.05, 3.63) is 35.2 Å². The van der Waals surface area contributed by atoms with E-state index in [1.807, 2.05) is 0 Å². The summed E-state index contributed by atoms with van der Waals surface area (Å²) in [5, 5.41) is 12.3.